The standard InChI is InChI=1S/C30H48O2/c1-19-10-15-30(18-31)17-16-28(6)21(25(30)20(19)2)8-9-23-27(5)13-12-24(32)26(3,4)22(27)11-14-29(23,28)7/h8,18-20,22-25,32H,9-17H2,1-7H3/t19-,20+,22+,23+,24+,25+,27+,28+,29-,30+/m1/s1. The molecular weight excluding hydrogens is 392 g/mol. The number of carbonyl (C=O) groups excluding carboxylic acids is 1. The lowest BCUT2D eigenvalue weighted by molar-refractivity contribution is -0.203. The zero-order chi connectivity index (χ0) is 23.3. The number of allylic oxidation sites excluding steroid dienone is 2. The summed E-state index contributed by atoms with van der Waals surface area (Å²) < 4.78 is 0. The van der Waals surface area contributed by atoms with Crippen LogP contribution in [-0.4, -0.2) is 17.5 Å². The molecular formula is C30H48O2. The summed E-state index contributed by atoms with van der Waals surface area (Å²) in [5.74, 6) is 3.01. The molecule has 10 atom stereocenters. The summed E-state index contributed by atoms with van der Waals surface area (Å²) in [7, 11) is 0. The lowest BCUT2D eigenvalue weighted by Gasteiger charge is -2.71. The first-order valence-electron chi connectivity index (χ1n) is 13.7. The van der Waals surface area contributed by atoms with Crippen molar-refractivity contribution in [1.29, 1.82) is 0 Å². The van der Waals surface area contributed by atoms with Gasteiger partial charge in [-0.2, -0.15) is 0 Å². The van der Waals surface area contributed by atoms with E-state index in [4.69, 9.17) is 0 Å². The molecule has 32 heavy (non-hydrogen) atoms. The minimum absolute atomic E-state index is 0.00573. The lowest BCUT2D eigenvalue weighted by atomic mass is 9.33. The maximum absolute atomic E-state index is 12.6. The quantitative estimate of drug-likeness (QED) is 0.346. The Bertz CT molecular complexity index is 827. The highest BCUT2D eigenvalue weighted by atomic mass is 16.3. The van der Waals surface area contributed by atoms with E-state index in [-0.39, 0.29) is 27.8 Å². The Morgan fingerprint density at radius 1 is 0.906 bits per heavy atom. The van der Waals surface area contributed by atoms with Crippen molar-refractivity contribution in [3.05, 3.63) is 11.6 Å². The van der Waals surface area contributed by atoms with Crippen molar-refractivity contribution in [2.24, 2.45) is 56.7 Å². The first-order valence-corrected chi connectivity index (χ1v) is 13.7. The van der Waals surface area contributed by atoms with Crippen LogP contribution in [0.25, 0.3) is 0 Å². The van der Waals surface area contributed by atoms with E-state index in [1.807, 2.05) is 0 Å². The summed E-state index contributed by atoms with van der Waals surface area (Å²) in [5.41, 5.74) is 2.35. The molecule has 1 N–H and O–H groups in total. The van der Waals surface area contributed by atoms with Gasteiger partial charge in [-0.1, -0.05) is 60.1 Å². The number of hydrogen-bond acceptors (Lipinski definition) is 2. The number of aldehydes is 1. The molecule has 5 aliphatic carbocycles. The van der Waals surface area contributed by atoms with E-state index in [0.29, 0.717) is 35.0 Å². The van der Waals surface area contributed by atoms with Crippen molar-refractivity contribution in [2.75, 3.05) is 0 Å². The van der Waals surface area contributed by atoms with E-state index in [1.54, 1.807) is 5.57 Å². The Morgan fingerprint density at radius 2 is 1.62 bits per heavy atom. The van der Waals surface area contributed by atoms with Crippen LogP contribution in [-0.2, 0) is 4.79 Å². The maximum atomic E-state index is 12.6. The van der Waals surface area contributed by atoms with Crippen LogP contribution >= 0.6 is 0 Å². The SMILES string of the molecule is C[C@H]1[C@H](C)CC[C@@]2(C=O)CC[C@@]3(C)C(=CC[C@H]4[C@@]5(C)CC[C@H](O)C(C)(C)[C@@H]5CC[C@]43C)[C@H]12. The van der Waals surface area contributed by atoms with Gasteiger partial charge in [0.1, 0.15) is 6.29 Å². The van der Waals surface area contributed by atoms with Crippen LogP contribution in [0, 0.1) is 56.7 Å². The van der Waals surface area contributed by atoms with E-state index < -0.39 is 0 Å². The van der Waals surface area contributed by atoms with E-state index in [0.717, 1.165) is 25.7 Å². The van der Waals surface area contributed by atoms with Gasteiger partial charge in [0.25, 0.3) is 0 Å². The Kier molecular flexibility index (Phi) is 5.03. The minimum atomic E-state index is -0.164. The molecule has 0 bridgehead atoms. The molecule has 0 amide bonds. The fourth-order valence-electron chi connectivity index (χ4n) is 10.7. The van der Waals surface area contributed by atoms with Crippen molar-refractivity contribution in [3.8, 4) is 0 Å². The van der Waals surface area contributed by atoms with Crippen LogP contribution in [0.3, 0.4) is 0 Å². The average Bonchev–Trinajstić information content (AvgIpc) is 2.74. The molecule has 0 aliphatic heterocycles. The Morgan fingerprint density at radius 3 is 2.31 bits per heavy atom. The van der Waals surface area contributed by atoms with E-state index in [2.05, 4.69) is 54.5 Å². The number of aliphatic hydroxyl groups is 1. The highest BCUT2D eigenvalue weighted by Crippen LogP contribution is 2.75. The normalized spacial score (nSPS) is 56.7. The zero-order valence-corrected chi connectivity index (χ0v) is 21.8. The van der Waals surface area contributed by atoms with Crippen molar-refractivity contribution >= 4 is 6.29 Å². The zero-order valence-electron chi connectivity index (χ0n) is 21.8. The molecule has 0 radical (unpaired) electrons. The third kappa shape index (κ3) is 2.60. The summed E-state index contributed by atoms with van der Waals surface area (Å²) in [6, 6.07) is 0. The summed E-state index contributed by atoms with van der Waals surface area (Å²) in [6.07, 6.45) is 14.2. The molecule has 0 aromatic rings. The molecule has 5 aliphatic rings. The first kappa shape index (κ1) is 23.1. The summed E-state index contributed by atoms with van der Waals surface area (Å²) in [6.45, 7) is 17.3. The highest BCUT2D eigenvalue weighted by molar-refractivity contribution is 5.63. The maximum Gasteiger partial charge on any atom is 0.126 e. The van der Waals surface area contributed by atoms with Crippen LogP contribution in [0.1, 0.15) is 106 Å². The van der Waals surface area contributed by atoms with E-state index >= 15 is 0 Å². The van der Waals surface area contributed by atoms with Gasteiger partial charge in [0.15, 0.2) is 0 Å². The molecule has 4 fully saturated rings. The largest absolute Gasteiger partial charge is 0.393 e. The van der Waals surface area contributed by atoms with Gasteiger partial charge in [-0.3, -0.25) is 0 Å². The van der Waals surface area contributed by atoms with Gasteiger partial charge in [-0.25, -0.2) is 0 Å². The van der Waals surface area contributed by atoms with E-state index in [9.17, 15) is 9.90 Å². The van der Waals surface area contributed by atoms with Crippen molar-refractivity contribution in [2.45, 2.75) is 112 Å². The molecule has 0 heterocycles. The minimum Gasteiger partial charge on any atom is -0.393 e. The van der Waals surface area contributed by atoms with Crippen LogP contribution in [0.15, 0.2) is 11.6 Å². The fraction of sp³-hybridized carbons (Fsp3) is 0.900. The van der Waals surface area contributed by atoms with Crippen molar-refractivity contribution in [3.63, 3.8) is 0 Å². The monoisotopic (exact) mass is 440 g/mol. The summed E-state index contributed by atoms with van der Waals surface area (Å²) in [4.78, 5) is 12.6. The van der Waals surface area contributed by atoms with Gasteiger partial charge in [-0.05, 0) is 109 Å². The molecule has 2 nitrogen and oxygen atoms in total. The molecule has 4 saturated carbocycles. The molecule has 180 valence electrons. The molecule has 0 spiro atoms. The van der Waals surface area contributed by atoms with E-state index in [1.165, 1.54) is 38.4 Å². The Labute approximate surface area is 197 Å². The van der Waals surface area contributed by atoms with Crippen LogP contribution < -0.4 is 0 Å². The van der Waals surface area contributed by atoms with Gasteiger partial charge in [0.05, 0.1) is 6.10 Å². The highest BCUT2D eigenvalue weighted by Gasteiger charge is 2.68. The molecule has 0 saturated heterocycles. The second-order valence-corrected chi connectivity index (χ2v) is 14.4. The predicted molar refractivity (Wildman–Crippen MR) is 131 cm³/mol. The van der Waals surface area contributed by atoms with Gasteiger partial charge in [-0.15, -0.1) is 0 Å². The molecule has 0 aromatic heterocycles. The van der Waals surface area contributed by atoms with Gasteiger partial charge in [0.2, 0.25) is 0 Å². The first-order chi connectivity index (χ1) is 14.9. The molecule has 0 unspecified atom stereocenters. The van der Waals surface area contributed by atoms with Gasteiger partial charge in [0, 0.05) is 5.41 Å². The van der Waals surface area contributed by atoms with Crippen LogP contribution in [0.2, 0.25) is 0 Å². The third-order valence-corrected chi connectivity index (χ3v) is 13.3. The van der Waals surface area contributed by atoms with Gasteiger partial charge < -0.3 is 9.90 Å². The number of aliphatic hydroxyl groups excluding tert-OH is 1. The number of fused-ring (bicyclic) bond motifs is 7. The van der Waals surface area contributed by atoms with Crippen molar-refractivity contribution < 1.29 is 9.90 Å². The Balaban J connectivity index is 1.60. The molecule has 2 heteroatoms. The summed E-state index contributed by atoms with van der Waals surface area (Å²) >= 11 is 0. The predicted octanol–water partition coefficient (Wildman–Crippen LogP) is 7.20. The Hall–Kier alpha value is -0.630. The second kappa shape index (κ2) is 6.96. The average molecular weight is 441 g/mol. The van der Waals surface area contributed by atoms with Crippen LogP contribution in [0.5, 0.6) is 0 Å². The van der Waals surface area contributed by atoms with Crippen molar-refractivity contribution in [1.82, 2.24) is 0 Å². The fourth-order valence-corrected chi connectivity index (χ4v) is 10.7. The number of rotatable bonds is 1. The molecule has 0 aromatic carbocycles. The third-order valence-electron chi connectivity index (χ3n) is 13.3. The second-order valence-electron chi connectivity index (χ2n) is 14.4. The smallest absolute Gasteiger partial charge is 0.126 e. The van der Waals surface area contributed by atoms with Crippen LogP contribution in [0.4, 0.5) is 0 Å². The molecule has 5 rings (SSSR count). The topological polar surface area (TPSA) is 37.3 Å². The van der Waals surface area contributed by atoms with Gasteiger partial charge >= 0.3 is 0 Å². The number of carbonyl (C=O) groups is 1. The number of hydrogen-bond donors (Lipinski definition) is 1. The lowest BCUT2D eigenvalue weighted by Crippen LogP contribution is -2.65. The summed E-state index contributed by atoms with van der Waals surface area (Å²) in [5, 5.41) is 10.9.